The maximum atomic E-state index is 17.2. The lowest BCUT2D eigenvalue weighted by atomic mass is 9.94. The molecular formula is C44H43ClF2N6O6S. The van der Waals surface area contributed by atoms with Crippen LogP contribution in [0.1, 0.15) is 58.4 Å². The number of halogens is 3. The van der Waals surface area contributed by atoms with Crippen LogP contribution in [0.3, 0.4) is 0 Å². The van der Waals surface area contributed by atoms with E-state index in [9.17, 15) is 13.2 Å². The van der Waals surface area contributed by atoms with Crippen LogP contribution < -0.4 is 14.4 Å². The molecule has 60 heavy (non-hydrogen) atoms. The highest BCUT2D eigenvalue weighted by Crippen LogP contribution is 2.43. The number of nitrogens with zero attached hydrogens (tertiary/aromatic N) is 6. The van der Waals surface area contributed by atoms with Gasteiger partial charge in [-0.3, -0.25) is 14.8 Å². The average molecular weight is 857 g/mol. The van der Waals surface area contributed by atoms with Crippen molar-refractivity contribution in [3.63, 3.8) is 0 Å². The zero-order chi connectivity index (χ0) is 42.1. The zero-order valence-electron chi connectivity index (χ0n) is 33.3. The molecule has 2 bridgehead atoms. The summed E-state index contributed by atoms with van der Waals surface area (Å²) in [5.41, 5.74) is -0.858. The smallest absolute Gasteiger partial charge is 0.410 e. The molecular weight excluding hydrogens is 814 g/mol. The van der Waals surface area contributed by atoms with Gasteiger partial charge in [-0.15, -0.1) is 6.42 Å². The Balaban J connectivity index is 1.07. The van der Waals surface area contributed by atoms with Crippen LogP contribution in [0.2, 0.25) is 0 Å². The van der Waals surface area contributed by atoms with Gasteiger partial charge in [0.2, 0.25) is 0 Å². The van der Waals surface area contributed by atoms with E-state index in [0.29, 0.717) is 59.3 Å². The van der Waals surface area contributed by atoms with E-state index in [1.165, 1.54) is 24.4 Å². The van der Waals surface area contributed by atoms with Gasteiger partial charge in [0.25, 0.3) is 9.05 Å². The first kappa shape index (κ1) is 40.1. The molecule has 0 spiro atoms. The van der Waals surface area contributed by atoms with Crippen molar-refractivity contribution in [3.05, 3.63) is 78.0 Å². The van der Waals surface area contributed by atoms with Gasteiger partial charge in [0.05, 0.1) is 33.5 Å². The first-order chi connectivity index (χ1) is 28.6. The molecule has 0 aliphatic carbocycles. The number of carbonyl (C=O) groups excluding carboxylic acids is 1. The third kappa shape index (κ3) is 7.32. The van der Waals surface area contributed by atoms with Crippen molar-refractivity contribution in [1.29, 1.82) is 0 Å². The molecule has 4 saturated heterocycles. The number of terminal acetylenes is 1. The summed E-state index contributed by atoms with van der Waals surface area (Å²) in [6.45, 7) is 7.94. The molecule has 0 saturated carbocycles. The Morgan fingerprint density at radius 2 is 1.82 bits per heavy atom. The number of benzene rings is 3. The fourth-order valence-electron chi connectivity index (χ4n) is 9.53. The Morgan fingerprint density at radius 1 is 1.05 bits per heavy atom. The summed E-state index contributed by atoms with van der Waals surface area (Å²) in [7, 11) is 1.66. The first-order valence-electron chi connectivity index (χ1n) is 20.0. The molecule has 2 unspecified atom stereocenters. The molecule has 6 heterocycles. The van der Waals surface area contributed by atoms with Gasteiger partial charge in [0, 0.05) is 60.0 Å². The lowest BCUT2D eigenvalue weighted by Gasteiger charge is -2.42. The van der Waals surface area contributed by atoms with Gasteiger partial charge in [-0.2, -0.15) is 9.97 Å². The largest absolute Gasteiger partial charge is 0.489 e. The molecule has 4 fully saturated rings. The van der Waals surface area contributed by atoms with Crippen molar-refractivity contribution in [1.82, 2.24) is 24.8 Å². The number of amides is 1. The topological polar surface area (TPSA) is 127 Å². The Bertz CT molecular complexity index is 2700. The number of carbonyl (C=O) groups is 1. The van der Waals surface area contributed by atoms with Crippen LogP contribution in [-0.2, 0) is 13.8 Å². The average Bonchev–Trinajstić information content (AvgIpc) is 3.83. The maximum absolute atomic E-state index is 17.2. The number of rotatable bonds is 8. The Labute approximate surface area is 351 Å². The van der Waals surface area contributed by atoms with Gasteiger partial charge in [-0.25, -0.2) is 22.0 Å². The van der Waals surface area contributed by atoms with Crippen LogP contribution in [0.25, 0.3) is 32.9 Å². The number of fused-ring (bicyclic) bond motifs is 5. The number of aromatic nitrogens is 3. The predicted molar refractivity (Wildman–Crippen MR) is 223 cm³/mol. The van der Waals surface area contributed by atoms with Gasteiger partial charge in [0.1, 0.15) is 46.9 Å². The number of ether oxygens (including phenoxy) is 3. The SMILES string of the molecule is C#Cc1c(F)ccc2cccc(-c3ncc4c(N5CC6CCC(C5)N6C(=O)OC(C)(C)C)nc(OC[C@]56CCCN5C[C@H](Oc5cccc(S(=O)(=O)Cl)c5)C6)nc4c3F)c12. The molecule has 0 radical (unpaired) electrons. The van der Waals surface area contributed by atoms with Gasteiger partial charge < -0.3 is 19.1 Å². The van der Waals surface area contributed by atoms with Crippen molar-refractivity contribution in [2.45, 2.75) is 87.1 Å². The van der Waals surface area contributed by atoms with Crippen molar-refractivity contribution in [3.8, 4) is 35.4 Å². The van der Waals surface area contributed by atoms with E-state index < -0.39 is 31.8 Å². The maximum Gasteiger partial charge on any atom is 0.410 e. The quantitative estimate of drug-likeness (QED) is 0.113. The summed E-state index contributed by atoms with van der Waals surface area (Å²) >= 11 is 0. The van der Waals surface area contributed by atoms with E-state index in [-0.39, 0.29) is 58.6 Å². The summed E-state index contributed by atoms with van der Waals surface area (Å²) in [5, 5.41) is 1.35. The minimum absolute atomic E-state index is 0.00568. The first-order valence-corrected chi connectivity index (χ1v) is 22.3. The number of anilines is 1. The van der Waals surface area contributed by atoms with E-state index in [0.717, 1.165) is 32.2 Å². The second-order valence-electron chi connectivity index (χ2n) is 17.1. The Kier molecular flexibility index (Phi) is 10.0. The van der Waals surface area contributed by atoms with E-state index in [1.807, 2.05) is 30.6 Å². The second-order valence-corrected chi connectivity index (χ2v) is 19.6. The number of pyridine rings is 1. The van der Waals surface area contributed by atoms with Crippen LogP contribution in [0.15, 0.2) is 65.7 Å². The fourth-order valence-corrected chi connectivity index (χ4v) is 10.3. The normalized spacial score (nSPS) is 22.9. The number of hydrogen-bond donors (Lipinski definition) is 0. The lowest BCUT2D eigenvalue weighted by Crippen LogP contribution is -2.57. The molecule has 4 atom stereocenters. The van der Waals surface area contributed by atoms with E-state index in [4.69, 9.17) is 41.3 Å². The molecule has 0 N–H and O–H groups in total. The highest BCUT2D eigenvalue weighted by Gasteiger charge is 2.50. The number of hydrogen-bond acceptors (Lipinski definition) is 11. The predicted octanol–water partition coefficient (Wildman–Crippen LogP) is 7.68. The molecule has 312 valence electrons. The molecule has 16 heteroatoms. The van der Waals surface area contributed by atoms with Crippen LogP contribution in [0.5, 0.6) is 11.8 Å². The lowest BCUT2D eigenvalue weighted by molar-refractivity contribution is 0.0122. The van der Waals surface area contributed by atoms with E-state index in [1.54, 1.807) is 36.4 Å². The summed E-state index contributed by atoms with van der Waals surface area (Å²) in [6.07, 6.45) is 10.5. The fraction of sp³-hybridized carbons (Fsp3) is 0.409. The monoisotopic (exact) mass is 856 g/mol. The molecule has 1 amide bonds. The van der Waals surface area contributed by atoms with Crippen LogP contribution in [-0.4, -0.2) is 101 Å². The molecule has 12 nitrogen and oxygen atoms in total. The summed E-state index contributed by atoms with van der Waals surface area (Å²) in [5.74, 6) is 1.90. The molecule has 4 aliphatic heterocycles. The molecule has 2 aromatic heterocycles. The minimum atomic E-state index is -3.94. The van der Waals surface area contributed by atoms with Gasteiger partial charge >= 0.3 is 12.1 Å². The van der Waals surface area contributed by atoms with Crippen molar-refractivity contribution in [2.24, 2.45) is 0 Å². The number of piperazine rings is 1. The van der Waals surface area contributed by atoms with Crippen LogP contribution in [0, 0.1) is 24.0 Å². The van der Waals surface area contributed by atoms with Gasteiger partial charge in [0.15, 0.2) is 5.82 Å². The van der Waals surface area contributed by atoms with Gasteiger partial charge in [-0.1, -0.05) is 36.3 Å². The van der Waals surface area contributed by atoms with Crippen molar-refractivity contribution in [2.75, 3.05) is 37.7 Å². The Morgan fingerprint density at radius 3 is 2.55 bits per heavy atom. The third-order valence-electron chi connectivity index (χ3n) is 12.1. The third-order valence-corrected chi connectivity index (χ3v) is 13.4. The minimum Gasteiger partial charge on any atom is -0.489 e. The summed E-state index contributed by atoms with van der Waals surface area (Å²) < 4.78 is 74.8. The van der Waals surface area contributed by atoms with E-state index in [2.05, 4.69) is 15.8 Å². The van der Waals surface area contributed by atoms with Crippen LogP contribution in [0.4, 0.5) is 19.4 Å². The van der Waals surface area contributed by atoms with Crippen LogP contribution >= 0.6 is 10.7 Å². The highest BCUT2D eigenvalue weighted by atomic mass is 35.7. The molecule has 5 aromatic rings. The molecule has 3 aromatic carbocycles. The zero-order valence-corrected chi connectivity index (χ0v) is 34.9. The molecule has 9 rings (SSSR count). The van der Waals surface area contributed by atoms with Crippen molar-refractivity contribution < 1.29 is 36.2 Å². The summed E-state index contributed by atoms with van der Waals surface area (Å²) in [6, 6.07) is 13.8. The highest BCUT2D eigenvalue weighted by molar-refractivity contribution is 8.13. The summed E-state index contributed by atoms with van der Waals surface area (Å²) in [4.78, 5) is 33.7. The van der Waals surface area contributed by atoms with Gasteiger partial charge in [-0.05, 0) is 76.6 Å². The standard InChI is InChI=1S/C44H43ClF2N6O6S/c1-5-32-35(46)16-13-26-9-6-12-33(36(26)32)38-37(47)39-34(21-48-38)40(51-22-27-14-15-28(23-51)53(27)42(54)59-43(2,3)4)50-41(49-39)57-25-44-17-8-18-52(44)24-30(20-44)58-29-10-7-11-31(19-29)60(45,55)56/h1,6-7,9-13,16,19,21,27-28,30H,8,14-15,17-18,20,22-25H2,2-4H3/t27?,28?,30-,44-/m1/s1. The van der Waals surface area contributed by atoms with E-state index >= 15 is 8.78 Å². The Hall–Kier alpha value is -5.30. The van der Waals surface area contributed by atoms with Crippen molar-refractivity contribution >= 4 is 53.3 Å². The second kappa shape index (κ2) is 15.0. The molecule has 4 aliphatic rings.